The van der Waals surface area contributed by atoms with Crippen molar-refractivity contribution >= 4 is 48.0 Å². The third kappa shape index (κ3) is 8.92. The van der Waals surface area contributed by atoms with E-state index in [9.17, 15) is 19.1 Å². The Bertz CT molecular complexity index is 1170. The van der Waals surface area contributed by atoms with Crippen molar-refractivity contribution in [1.82, 2.24) is 32.0 Å². The molecule has 0 aliphatic heterocycles. The highest BCUT2D eigenvalue weighted by Gasteiger charge is 2.11. The second kappa shape index (κ2) is 13.7. The van der Waals surface area contributed by atoms with Crippen molar-refractivity contribution in [3.8, 4) is 0 Å². The van der Waals surface area contributed by atoms with E-state index in [1.807, 2.05) is 0 Å². The van der Waals surface area contributed by atoms with Gasteiger partial charge in [-0.25, -0.2) is 4.98 Å². The molecule has 0 radical (unpaired) electrons. The number of aromatic amines is 1. The SMILES string of the molecule is N.N.O=c1[nH]c(NCc2ccc(Cl)c(Cl)c2)nc2cnn(CCOCCOCOP(=O)([O-])[O-])c12. The van der Waals surface area contributed by atoms with Crippen molar-refractivity contribution in [2.24, 2.45) is 0 Å². The fraction of sp³-hybridized carbons (Fsp3) is 0.353. The number of nitrogens with one attached hydrogen (secondary N) is 2. The zero-order valence-corrected chi connectivity index (χ0v) is 20.3. The monoisotopic (exact) mass is 539 g/mol. The predicted octanol–water partition coefficient (Wildman–Crippen LogP) is 1.20. The van der Waals surface area contributed by atoms with Crippen LogP contribution >= 0.6 is 31.0 Å². The van der Waals surface area contributed by atoms with Crippen molar-refractivity contribution in [3.63, 3.8) is 0 Å². The molecule has 2 aromatic heterocycles. The summed E-state index contributed by atoms with van der Waals surface area (Å²) in [6.45, 7) is 0.343. The minimum Gasteiger partial charge on any atom is -0.790 e. The van der Waals surface area contributed by atoms with E-state index in [2.05, 4.69) is 24.9 Å². The summed E-state index contributed by atoms with van der Waals surface area (Å²) in [7, 11) is -5.05. The highest BCUT2D eigenvalue weighted by atomic mass is 35.5. The van der Waals surface area contributed by atoms with Crippen LogP contribution in [0.2, 0.25) is 10.0 Å². The van der Waals surface area contributed by atoms with E-state index in [0.29, 0.717) is 27.6 Å². The van der Waals surface area contributed by atoms with E-state index in [1.54, 1.807) is 18.2 Å². The van der Waals surface area contributed by atoms with Gasteiger partial charge in [0.2, 0.25) is 5.95 Å². The fourth-order valence-electron chi connectivity index (χ4n) is 2.63. The molecule has 0 amide bonds. The zero-order chi connectivity index (χ0) is 23.1. The smallest absolute Gasteiger partial charge is 0.278 e. The summed E-state index contributed by atoms with van der Waals surface area (Å²) in [5.41, 5.74) is 1.19. The quantitative estimate of drug-likeness (QED) is 0.144. The molecule has 190 valence electrons. The number of ether oxygens (including phenoxy) is 2. The minimum atomic E-state index is -5.05. The highest BCUT2D eigenvalue weighted by molar-refractivity contribution is 7.43. The van der Waals surface area contributed by atoms with Crippen LogP contribution < -0.4 is 33.0 Å². The van der Waals surface area contributed by atoms with Crippen molar-refractivity contribution in [3.05, 3.63) is 50.4 Å². The minimum absolute atomic E-state index is 0. The van der Waals surface area contributed by atoms with Gasteiger partial charge in [0.25, 0.3) is 5.56 Å². The van der Waals surface area contributed by atoms with E-state index < -0.39 is 14.6 Å². The molecule has 8 N–H and O–H groups in total. The summed E-state index contributed by atoms with van der Waals surface area (Å²) >= 11 is 11.9. The van der Waals surface area contributed by atoms with Gasteiger partial charge in [-0.15, -0.1) is 0 Å². The van der Waals surface area contributed by atoms with Gasteiger partial charge in [-0.3, -0.25) is 14.5 Å². The third-order valence-corrected chi connectivity index (χ3v) is 5.22. The predicted molar refractivity (Wildman–Crippen MR) is 122 cm³/mol. The molecule has 0 bridgehead atoms. The van der Waals surface area contributed by atoms with Gasteiger partial charge in [0.15, 0.2) is 12.3 Å². The molecule has 34 heavy (non-hydrogen) atoms. The lowest BCUT2D eigenvalue weighted by Crippen LogP contribution is -2.19. The van der Waals surface area contributed by atoms with Crippen molar-refractivity contribution in [2.45, 2.75) is 13.1 Å². The summed E-state index contributed by atoms with van der Waals surface area (Å²) in [5.74, 6) is 0.282. The molecule has 17 heteroatoms. The normalized spacial score (nSPS) is 11.2. The molecule has 0 aliphatic rings. The molecule has 0 spiro atoms. The first-order valence-electron chi connectivity index (χ1n) is 9.18. The second-order valence-corrected chi connectivity index (χ2v) is 8.30. The number of halogens is 2. The van der Waals surface area contributed by atoms with Crippen LogP contribution in [0.15, 0.2) is 29.2 Å². The number of rotatable bonds is 12. The molecule has 0 saturated heterocycles. The lowest BCUT2D eigenvalue weighted by atomic mass is 10.2. The first-order valence-corrected chi connectivity index (χ1v) is 11.4. The number of H-pyrrole nitrogens is 1. The van der Waals surface area contributed by atoms with Crippen LogP contribution in [0.4, 0.5) is 5.95 Å². The summed E-state index contributed by atoms with van der Waals surface area (Å²) in [6.07, 6.45) is 1.47. The Morgan fingerprint density at radius 1 is 1.12 bits per heavy atom. The molecule has 0 atom stereocenters. The number of benzene rings is 1. The molecule has 14 nitrogen and oxygen atoms in total. The van der Waals surface area contributed by atoms with Gasteiger partial charge in [0, 0.05) is 6.54 Å². The Kier molecular flexibility index (Phi) is 12.1. The Balaban J connectivity index is 0.00000289. The van der Waals surface area contributed by atoms with E-state index in [4.69, 9.17) is 32.7 Å². The van der Waals surface area contributed by atoms with Crippen LogP contribution in [-0.4, -0.2) is 46.4 Å². The summed E-state index contributed by atoms with van der Waals surface area (Å²) in [5, 5.41) is 8.07. The van der Waals surface area contributed by atoms with E-state index >= 15 is 0 Å². The molecule has 1 aromatic carbocycles. The van der Waals surface area contributed by atoms with Crippen LogP contribution in [0.3, 0.4) is 0 Å². The van der Waals surface area contributed by atoms with Gasteiger partial charge < -0.3 is 46.0 Å². The Morgan fingerprint density at radius 3 is 2.56 bits per heavy atom. The maximum atomic E-state index is 12.5. The van der Waals surface area contributed by atoms with Crippen LogP contribution in [0.25, 0.3) is 11.0 Å². The number of hydrogen-bond acceptors (Lipinski definition) is 12. The molecule has 0 saturated carbocycles. The average molecular weight is 540 g/mol. The molecule has 2 heterocycles. The van der Waals surface area contributed by atoms with Gasteiger partial charge in [0.1, 0.15) is 5.52 Å². The summed E-state index contributed by atoms with van der Waals surface area (Å²) in [4.78, 5) is 40.0. The van der Waals surface area contributed by atoms with Gasteiger partial charge in [-0.05, 0) is 17.7 Å². The Morgan fingerprint density at radius 2 is 1.85 bits per heavy atom. The van der Waals surface area contributed by atoms with Crippen molar-refractivity contribution < 1.29 is 28.3 Å². The maximum absolute atomic E-state index is 12.5. The van der Waals surface area contributed by atoms with Crippen LogP contribution in [0.1, 0.15) is 5.56 Å². The molecular formula is C17H24Cl2N7O7P-2. The number of nitrogens with zero attached hydrogens (tertiary/aromatic N) is 3. The topological polar surface area (TPSA) is 236 Å². The van der Waals surface area contributed by atoms with Crippen molar-refractivity contribution in [1.29, 1.82) is 0 Å². The first-order chi connectivity index (χ1) is 15.2. The Hall–Kier alpha value is -2.10. The lowest BCUT2D eigenvalue weighted by Gasteiger charge is -2.27. The number of aromatic nitrogens is 4. The molecule has 3 aromatic rings. The largest absolute Gasteiger partial charge is 0.790 e. The number of anilines is 1. The zero-order valence-electron chi connectivity index (χ0n) is 17.9. The maximum Gasteiger partial charge on any atom is 0.278 e. The van der Waals surface area contributed by atoms with Crippen LogP contribution in [0, 0.1) is 0 Å². The third-order valence-electron chi connectivity index (χ3n) is 4.06. The summed E-state index contributed by atoms with van der Waals surface area (Å²) in [6, 6.07) is 5.21. The molecule has 0 unspecified atom stereocenters. The van der Waals surface area contributed by atoms with Crippen LogP contribution in [0.5, 0.6) is 0 Å². The molecule has 0 fully saturated rings. The average Bonchev–Trinajstić information content (AvgIpc) is 3.13. The van der Waals surface area contributed by atoms with Gasteiger partial charge in [-0.2, -0.15) is 5.10 Å². The van der Waals surface area contributed by atoms with Gasteiger partial charge in [-0.1, -0.05) is 29.3 Å². The van der Waals surface area contributed by atoms with Crippen molar-refractivity contribution in [2.75, 3.05) is 31.9 Å². The molecular weight excluding hydrogens is 516 g/mol. The fourth-order valence-corrected chi connectivity index (χ4v) is 3.15. The number of hydrogen-bond donors (Lipinski definition) is 4. The number of phosphoric ester groups is 1. The lowest BCUT2D eigenvalue weighted by molar-refractivity contribution is -0.346. The molecule has 3 rings (SSSR count). The van der Waals surface area contributed by atoms with Gasteiger partial charge >= 0.3 is 0 Å². The van der Waals surface area contributed by atoms with E-state index in [0.717, 1.165) is 5.56 Å². The first kappa shape index (κ1) is 29.9. The molecule has 0 aliphatic carbocycles. The van der Waals surface area contributed by atoms with Crippen LogP contribution in [-0.2, 0) is 31.7 Å². The summed E-state index contributed by atoms with van der Waals surface area (Å²) < 4.78 is 25.7. The highest BCUT2D eigenvalue weighted by Crippen LogP contribution is 2.24. The second-order valence-electron chi connectivity index (χ2n) is 6.33. The Labute approximate surface area is 203 Å². The standard InChI is InChI=1S/C17H20Cl2N5O7P.2H3N/c18-12-2-1-11(7-13(12)19)8-20-17-22-14-9-21-24(15(14)16(25)23-17)3-4-29-5-6-30-10-31-32(26,27)28;;/h1-2,7,9H,3-6,8,10H2,(H2,26,27,28)(H2,20,22,23,25);2*1H3/p-2. The number of phosphoric acid groups is 1. The number of fused-ring (bicyclic) bond motifs is 1. The van der Waals surface area contributed by atoms with E-state index in [1.165, 1.54) is 10.9 Å². The van der Waals surface area contributed by atoms with Gasteiger partial charge in [0.05, 0.1) is 50.4 Å². The van der Waals surface area contributed by atoms with E-state index in [-0.39, 0.29) is 50.2 Å².